The van der Waals surface area contributed by atoms with E-state index in [4.69, 9.17) is 4.74 Å². The minimum absolute atomic E-state index is 0.00778. The lowest BCUT2D eigenvalue weighted by Crippen LogP contribution is -2.56. The Labute approximate surface area is 178 Å². The van der Waals surface area contributed by atoms with Crippen molar-refractivity contribution in [3.63, 3.8) is 0 Å². The summed E-state index contributed by atoms with van der Waals surface area (Å²) < 4.78 is 5.05. The summed E-state index contributed by atoms with van der Waals surface area (Å²) in [6.45, 7) is 5.02. The molecule has 30 heavy (non-hydrogen) atoms. The van der Waals surface area contributed by atoms with Crippen molar-refractivity contribution in [3.8, 4) is 11.1 Å². The number of carbonyl (C=O) groups is 2. The monoisotopic (exact) mass is 409 g/mol. The Bertz CT molecular complexity index is 869. The van der Waals surface area contributed by atoms with Crippen LogP contribution >= 0.6 is 0 Å². The van der Waals surface area contributed by atoms with Crippen molar-refractivity contribution in [3.05, 3.63) is 54.4 Å². The van der Waals surface area contributed by atoms with E-state index < -0.39 is 5.41 Å². The van der Waals surface area contributed by atoms with E-state index in [0.717, 1.165) is 29.5 Å². The van der Waals surface area contributed by atoms with Gasteiger partial charge in [0.2, 0.25) is 11.8 Å². The Morgan fingerprint density at radius 1 is 1.23 bits per heavy atom. The van der Waals surface area contributed by atoms with Gasteiger partial charge >= 0.3 is 0 Å². The van der Waals surface area contributed by atoms with Crippen molar-refractivity contribution in [1.82, 2.24) is 15.2 Å². The zero-order valence-electron chi connectivity index (χ0n) is 18.1. The topological polar surface area (TPSA) is 71.5 Å². The van der Waals surface area contributed by atoms with Gasteiger partial charge in [-0.1, -0.05) is 30.3 Å². The Morgan fingerprint density at radius 2 is 2.03 bits per heavy atom. The van der Waals surface area contributed by atoms with Gasteiger partial charge in [-0.25, -0.2) is 0 Å². The van der Waals surface area contributed by atoms with Gasteiger partial charge in [-0.15, -0.1) is 0 Å². The third-order valence-corrected chi connectivity index (χ3v) is 5.62. The van der Waals surface area contributed by atoms with Gasteiger partial charge in [0.15, 0.2) is 0 Å². The van der Waals surface area contributed by atoms with Crippen LogP contribution in [0, 0.1) is 5.41 Å². The minimum atomic E-state index is -0.676. The van der Waals surface area contributed by atoms with Crippen molar-refractivity contribution in [2.45, 2.75) is 39.2 Å². The predicted octanol–water partition coefficient (Wildman–Crippen LogP) is 3.07. The number of amides is 2. The zero-order chi connectivity index (χ0) is 21.6. The molecule has 1 aromatic carbocycles. The van der Waals surface area contributed by atoms with Crippen LogP contribution < -0.4 is 5.32 Å². The van der Waals surface area contributed by atoms with E-state index in [0.29, 0.717) is 19.5 Å². The van der Waals surface area contributed by atoms with Crippen LogP contribution in [0.1, 0.15) is 32.3 Å². The normalized spacial score (nSPS) is 19.0. The average molecular weight is 410 g/mol. The first-order valence-corrected chi connectivity index (χ1v) is 10.5. The van der Waals surface area contributed by atoms with E-state index in [2.05, 4.69) is 22.4 Å². The van der Waals surface area contributed by atoms with Gasteiger partial charge in [-0.2, -0.15) is 0 Å². The molecule has 3 rings (SSSR count). The van der Waals surface area contributed by atoms with Crippen LogP contribution in [0.2, 0.25) is 0 Å². The summed E-state index contributed by atoms with van der Waals surface area (Å²) in [7, 11) is 1.52. The highest BCUT2D eigenvalue weighted by atomic mass is 16.5. The van der Waals surface area contributed by atoms with E-state index in [1.165, 1.54) is 7.11 Å². The SMILES string of the molecule is COCC(=O)N1CCC[C@@](Cc2ccccc2-c2cccnc2)(C(=O)NC(C)C)C1. The first kappa shape index (κ1) is 22.0. The Kier molecular flexibility index (Phi) is 7.21. The van der Waals surface area contributed by atoms with Gasteiger partial charge in [-0.05, 0) is 50.3 Å². The third kappa shape index (κ3) is 5.05. The molecule has 0 aliphatic carbocycles. The van der Waals surface area contributed by atoms with Gasteiger partial charge < -0.3 is 15.0 Å². The molecule has 0 radical (unpaired) electrons. The standard InChI is InChI=1S/C24H31N3O3/c1-18(2)26-23(29)24(11-7-13-27(17-24)22(28)16-30-3)14-19-8-4-5-10-21(19)20-9-6-12-25-15-20/h4-6,8-10,12,15,18H,7,11,13-14,16-17H2,1-3H3,(H,26,29)/t24-/m0/s1. The lowest BCUT2D eigenvalue weighted by molar-refractivity contribution is -0.144. The molecule has 2 aromatic rings. The molecule has 0 spiro atoms. The smallest absolute Gasteiger partial charge is 0.248 e. The molecule has 0 unspecified atom stereocenters. The summed E-state index contributed by atoms with van der Waals surface area (Å²) in [5.74, 6) is -0.0622. The van der Waals surface area contributed by atoms with Crippen LogP contribution in [-0.4, -0.2) is 54.5 Å². The zero-order valence-corrected chi connectivity index (χ0v) is 18.1. The van der Waals surface area contributed by atoms with Crippen molar-refractivity contribution in [1.29, 1.82) is 0 Å². The van der Waals surface area contributed by atoms with Gasteiger partial charge in [0.25, 0.3) is 0 Å². The minimum Gasteiger partial charge on any atom is -0.375 e. The van der Waals surface area contributed by atoms with Crippen molar-refractivity contribution < 1.29 is 14.3 Å². The summed E-state index contributed by atoms with van der Waals surface area (Å²) in [4.78, 5) is 32.0. The molecule has 0 saturated carbocycles. The molecule has 1 fully saturated rings. The predicted molar refractivity (Wildman–Crippen MR) is 117 cm³/mol. The second kappa shape index (κ2) is 9.85. The maximum absolute atomic E-state index is 13.4. The average Bonchev–Trinajstić information content (AvgIpc) is 2.74. The van der Waals surface area contributed by atoms with E-state index in [9.17, 15) is 9.59 Å². The third-order valence-electron chi connectivity index (χ3n) is 5.62. The molecule has 6 heteroatoms. The molecule has 1 aliphatic heterocycles. The Hall–Kier alpha value is -2.73. The van der Waals surface area contributed by atoms with Crippen LogP contribution in [0.3, 0.4) is 0 Å². The lowest BCUT2D eigenvalue weighted by atomic mass is 9.73. The van der Waals surface area contributed by atoms with E-state index in [1.54, 1.807) is 11.1 Å². The van der Waals surface area contributed by atoms with Crippen molar-refractivity contribution in [2.75, 3.05) is 26.8 Å². The first-order chi connectivity index (χ1) is 14.4. The number of nitrogens with zero attached hydrogens (tertiary/aromatic N) is 2. The summed E-state index contributed by atoms with van der Waals surface area (Å²) in [6, 6.07) is 12.1. The Morgan fingerprint density at radius 3 is 2.73 bits per heavy atom. The maximum atomic E-state index is 13.4. The summed E-state index contributed by atoms with van der Waals surface area (Å²) in [5, 5.41) is 3.10. The highest BCUT2D eigenvalue weighted by molar-refractivity contribution is 5.86. The second-order valence-corrected chi connectivity index (χ2v) is 8.34. The van der Waals surface area contributed by atoms with E-state index >= 15 is 0 Å². The molecule has 1 aliphatic rings. The molecule has 1 atom stereocenters. The number of ether oxygens (including phenoxy) is 1. The van der Waals surface area contributed by atoms with Gasteiger partial charge in [-0.3, -0.25) is 14.6 Å². The van der Waals surface area contributed by atoms with Crippen molar-refractivity contribution in [2.24, 2.45) is 5.41 Å². The molecule has 2 heterocycles. The number of likely N-dealkylation sites (tertiary alicyclic amines) is 1. The fourth-order valence-corrected chi connectivity index (χ4v) is 4.23. The van der Waals surface area contributed by atoms with Crippen molar-refractivity contribution >= 4 is 11.8 Å². The molecule has 1 aromatic heterocycles. The number of nitrogens with one attached hydrogen (secondary N) is 1. The van der Waals surface area contributed by atoms with Crippen LogP contribution in [0.5, 0.6) is 0 Å². The van der Waals surface area contributed by atoms with Crippen LogP contribution in [0.15, 0.2) is 48.8 Å². The van der Waals surface area contributed by atoms with Crippen LogP contribution in [0.4, 0.5) is 0 Å². The number of hydrogen-bond donors (Lipinski definition) is 1. The largest absolute Gasteiger partial charge is 0.375 e. The highest BCUT2D eigenvalue weighted by Gasteiger charge is 2.44. The van der Waals surface area contributed by atoms with Crippen LogP contribution in [0.25, 0.3) is 11.1 Å². The lowest BCUT2D eigenvalue weighted by Gasteiger charge is -2.42. The number of methoxy groups -OCH3 is 1. The number of carbonyl (C=O) groups excluding carboxylic acids is 2. The van der Waals surface area contributed by atoms with Crippen LogP contribution in [-0.2, 0) is 20.7 Å². The van der Waals surface area contributed by atoms with Gasteiger partial charge in [0, 0.05) is 44.2 Å². The van der Waals surface area contributed by atoms with Gasteiger partial charge in [0.1, 0.15) is 6.61 Å². The number of hydrogen-bond acceptors (Lipinski definition) is 4. The van der Waals surface area contributed by atoms with E-state index in [-0.39, 0.29) is 24.5 Å². The fraction of sp³-hybridized carbons (Fsp3) is 0.458. The number of piperidine rings is 1. The van der Waals surface area contributed by atoms with E-state index in [1.807, 2.05) is 44.3 Å². The molecule has 160 valence electrons. The molecule has 2 amide bonds. The number of aromatic nitrogens is 1. The first-order valence-electron chi connectivity index (χ1n) is 10.5. The van der Waals surface area contributed by atoms with Gasteiger partial charge in [0.05, 0.1) is 5.41 Å². The molecular weight excluding hydrogens is 378 g/mol. The number of benzene rings is 1. The summed E-state index contributed by atoms with van der Waals surface area (Å²) >= 11 is 0. The summed E-state index contributed by atoms with van der Waals surface area (Å²) in [5.41, 5.74) is 2.51. The quantitative estimate of drug-likeness (QED) is 0.763. The molecular formula is C24H31N3O3. The number of pyridine rings is 1. The molecule has 6 nitrogen and oxygen atoms in total. The Balaban J connectivity index is 1.97. The number of rotatable bonds is 7. The fourth-order valence-electron chi connectivity index (χ4n) is 4.23. The molecule has 1 N–H and O–H groups in total. The maximum Gasteiger partial charge on any atom is 0.248 e. The summed E-state index contributed by atoms with van der Waals surface area (Å²) in [6.07, 6.45) is 5.69. The molecule has 1 saturated heterocycles. The highest BCUT2D eigenvalue weighted by Crippen LogP contribution is 2.37. The second-order valence-electron chi connectivity index (χ2n) is 8.34. The molecule has 0 bridgehead atoms.